The van der Waals surface area contributed by atoms with Crippen LogP contribution < -0.4 is 10.0 Å². The summed E-state index contributed by atoms with van der Waals surface area (Å²) in [5.74, 6) is -0.338. The van der Waals surface area contributed by atoms with Gasteiger partial charge < -0.3 is 15.0 Å². The van der Waals surface area contributed by atoms with Gasteiger partial charge in [-0.3, -0.25) is 4.79 Å². The van der Waals surface area contributed by atoms with E-state index in [-0.39, 0.29) is 29.1 Å². The molecule has 0 aromatic carbocycles. The third-order valence-corrected chi connectivity index (χ3v) is 4.35. The lowest BCUT2D eigenvalue weighted by atomic mass is 10.2. The van der Waals surface area contributed by atoms with Crippen molar-refractivity contribution < 1.29 is 18.3 Å². The Balaban J connectivity index is 2.84. The Hall–Kier alpha value is -1.38. The first kappa shape index (κ1) is 16.7. The number of hydrogen-bond acceptors (Lipinski definition) is 4. The number of nitrogens with zero attached hydrogens (tertiary/aromatic N) is 1. The summed E-state index contributed by atoms with van der Waals surface area (Å²) in [6, 6.07) is 1.24. The van der Waals surface area contributed by atoms with E-state index < -0.39 is 10.0 Å². The lowest BCUT2D eigenvalue weighted by Crippen LogP contribution is -2.33. The zero-order valence-corrected chi connectivity index (χ0v) is 12.7. The van der Waals surface area contributed by atoms with Gasteiger partial charge in [0.25, 0.3) is 5.91 Å². The summed E-state index contributed by atoms with van der Waals surface area (Å²) in [6.07, 6.45) is 2.65. The van der Waals surface area contributed by atoms with E-state index in [2.05, 4.69) is 10.0 Å². The molecule has 0 spiro atoms. The van der Waals surface area contributed by atoms with E-state index in [9.17, 15) is 13.2 Å². The van der Waals surface area contributed by atoms with Crippen molar-refractivity contribution in [1.29, 1.82) is 0 Å². The topological polar surface area (TPSA) is 100 Å². The number of carbonyl (C=O) groups is 1. The highest BCUT2D eigenvalue weighted by Gasteiger charge is 2.19. The highest BCUT2D eigenvalue weighted by Crippen LogP contribution is 2.13. The van der Waals surface area contributed by atoms with Gasteiger partial charge in [0.2, 0.25) is 10.0 Å². The van der Waals surface area contributed by atoms with E-state index >= 15 is 0 Å². The number of aromatic nitrogens is 1. The van der Waals surface area contributed by atoms with E-state index in [1.807, 2.05) is 6.92 Å². The molecule has 1 amide bonds. The molecule has 0 saturated carbocycles. The Morgan fingerprint density at radius 1 is 1.50 bits per heavy atom. The molecular formula is C12H21N3O4S. The minimum absolute atomic E-state index is 0.0515. The summed E-state index contributed by atoms with van der Waals surface area (Å²) in [6.45, 7) is 1.91. The minimum Gasteiger partial charge on any atom is -0.396 e. The zero-order chi connectivity index (χ0) is 15.3. The van der Waals surface area contributed by atoms with Crippen LogP contribution in [-0.4, -0.2) is 43.7 Å². The van der Waals surface area contributed by atoms with Crippen LogP contribution in [0.2, 0.25) is 0 Å². The van der Waals surface area contributed by atoms with Gasteiger partial charge in [0.15, 0.2) is 0 Å². The molecule has 7 nitrogen and oxygen atoms in total. The van der Waals surface area contributed by atoms with Crippen molar-refractivity contribution in [3.05, 3.63) is 18.0 Å². The molecule has 0 bridgehead atoms. The normalized spacial score (nSPS) is 13.2. The van der Waals surface area contributed by atoms with Gasteiger partial charge in [-0.1, -0.05) is 0 Å². The average molecular weight is 303 g/mol. The molecule has 1 aromatic heterocycles. The van der Waals surface area contributed by atoms with Gasteiger partial charge in [-0.05, 0) is 32.9 Å². The Bertz CT molecular complexity index is 565. The third-order valence-electron chi connectivity index (χ3n) is 2.96. The smallest absolute Gasteiger partial charge is 0.268 e. The molecule has 20 heavy (non-hydrogen) atoms. The summed E-state index contributed by atoms with van der Waals surface area (Å²) in [4.78, 5) is 12.1. The second-order valence-electron chi connectivity index (χ2n) is 4.62. The molecule has 0 aliphatic heterocycles. The van der Waals surface area contributed by atoms with Crippen molar-refractivity contribution in [2.45, 2.75) is 30.7 Å². The van der Waals surface area contributed by atoms with Crippen LogP contribution >= 0.6 is 0 Å². The molecule has 1 unspecified atom stereocenters. The lowest BCUT2D eigenvalue weighted by Gasteiger charge is -2.13. The van der Waals surface area contributed by atoms with Crippen molar-refractivity contribution in [2.24, 2.45) is 7.05 Å². The molecule has 0 radical (unpaired) electrons. The van der Waals surface area contributed by atoms with Crippen LogP contribution in [0.1, 0.15) is 30.3 Å². The fourth-order valence-corrected chi connectivity index (χ4v) is 2.59. The van der Waals surface area contributed by atoms with Crippen molar-refractivity contribution >= 4 is 15.9 Å². The summed E-state index contributed by atoms with van der Waals surface area (Å²) >= 11 is 0. The van der Waals surface area contributed by atoms with Gasteiger partial charge in [0.05, 0.1) is 0 Å². The molecule has 0 fully saturated rings. The Kier molecular flexibility index (Phi) is 5.73. The van der Waals surface area contributed by atoms with Crippen LogP contribution in [0.3, 0.4) is 0 Å². The number of amides is 1. The highest BCUT2D eigenvalue weighted by atomic mass is 32.2. The quantitative estimate of drug-likeness (QED) is 0.650. The molecule has 0 aliphatic carbocycles. The monoisotopic (exact) mass is 303 g/mol. The molecule has 1 heterocycles. The van der Waals surface area contributed by atoms with Crippen LogP contribution in [0.4, 0.5) is 0 Å². The fourth-order valence-electron chi connectivity index (χ4n) is 1.79. The van der Waals surface area contributed by atoms with E-state index in [1.54, 1.807) is 7.05 Å². The maximum atomic E-state index is 12.1. The lowest BCUT2D eigenvalue weighted by molar-refractivity contribution is 0.0928. The van der Waals surface area contributed by atoms with Crippen LogP contribution in [-0.2, 0) is 17.1 Å². The van der Waals surface area contributed by atoms with Gasteiger partial charge in [-0.25, -0.2) is 13.1 Å². The number of aryl methyl sites for hydroxylation is 1. The predicted octanol–water partition coefficient (Wildman–Crippen LogP) is -0.176. The maximum absolute atomic E-state index is 12.1. The van der Waals surface area contributed by atoms with Gasteiger partial charge in [-0.15, -0.1) is 0 Å². The molecule has 114 valence electrons. The maximum Gasteiger partial charge on any atom is 0.268 e. The molecule has 1 aromatic rings. The second kappa shape index (κ2) is 6.87. The minimum atomic E-state index is -3.56. The van der Waals surface area contributed by atoms with E-state index in [0.29, 0.717) is 12.8 Å². The van der Waals surface area contributed by atoms with Crippen molar-refractivity contribution in [3.8, 4) is 0 Å². The number of rotatable bonds is 7. The molecule has 3 N–H and O–H groups in total. The number of carbonyl (C=O) groups excluding carboxylic acids is 1. The van der Waals surface area contributed by atoms with E-state index in [0.717, 1.165) is 0 Å². The highest BCUT2D eigenvalue weighted by molar-refractivity contribution is 7.89. The van der Waals surface area contributed by atoms with Crippen molar-refractivity contribution in [2.75, 3.05) is 13.7 Å². The second-order valence-corrected chi connectivity index (χ2v) is 6.51. The number of aliphatic hydroxyl groups is 1. The molecular weight excluding hydrogens is 282 g/mol. The van der Waals surface area contributed by atoms with Crippen molar-refractivity contribution in [1.82, 2.24) is 14.6 Å². The predicted molar refractivity (Wildman–Crippen MR) is 74.9 cm³/mol. The third kappa shape index (κ3) is 4.06. The van der Waals surface area contributed by atoms with Crippen molar-refractivity contribution in [3.63, 3.8) is 0 Å². The van der Waals surface area contributed by atoms with Crippen LogP contribution in [0, 0.1) is 0 Å². The average Bonchev–Trinajstić information content (AvgIpc) is 2.79. The van der Waals surface area contributed by atoms with Gasteiger partial charge in [-0.2, -0.15) is 0 Å². The van der Waals surface area contributed by atoms with E-state index in [4.69, 9.17) is 5.11 Å². The summed E-state index contributed by atoms with van der Waals surface area (Å²) in [7, 11) is -0.628. The number of aliphatic hydroxyl groups excluding tert-OH is 1. The van der Waals surface area contributed by atoms with Crippen LogP contribution in [0.5, 0.6) is 0 Å². The number of sulfonamides is 1. The largest absolute Gasteiger partial charge is 0.396 e. The molecule has 0 saturated heterocycles. The summed E-state index contributed by atoms with van der Waals surface area (Å²) in [5.41, 5.74) is 0.273. The number of nitrogens with one attached hydrogen (secondary N) is 2. The van der Waals surface area contributed by atoms with Gasteiger partial charge in [0, 0.05) is 25.9 Å². The first-order valence-electron chi connectivity index (χ1n) is 6.33. The van der Waals surface area contributed by atoms with Gasteiger partial charge >= 0.3 is 0 Å². The van der Waals surface area contributed by atoms with Crippen LogP contribution in [0.15, 0.2) is 17.2 Å². The first-order valence-corrected chi connectivity index (χ1v) is 7.81. The standard InChI is InChI=1S/C12H21N3O4S/c1-9(5-4-6-16)14-12(17)11-7-10(8-15(11)3)20(18,19)13-2/h7-9,13,16H,4-6H2,1-3H3,(H,14,17). The fraction of sp³-hybridized carbons (Fsp3) is 0.583. The zero-order valence-electron chi connectivity index (χ0n) is 11.9. The van der Waals surface area contributed by atoms with Gasteiger partial charge in [0.1, 0.15) is 10.6 Å². The summed E-state index contributed by atoms with van der Waals surface area (Å²) < 4.78 is 27.0. The summed E-state index contributed by atoms with van der Waals surface area (Å²) in [5, 5.41) is 11.5. The Morgan fingerprint density at radius 3 is 2.70 bits per heavy atom. The SMILES string of the molecule is CNS(=O)(=O)c1cc(C(=O)NC(C)CCCO)n(C)c1. The Labute approximate surface area is 119 Å². The van der Waals surface area contributed by atoms with E-state index in [1.165, 1.54) is 23.9 Å². The molecule has 8 heteroatoms. The first-order chi connectivity index (χ1) is 9.31. The molecule has 0 aliphatic rings. The van der Waals surface area contributed by atoms with Crippen LogP contribution in [0.25, 0.3) is 0 Å². The number of hydrogen-bond donors (Lipinski definition) is 3. The Morgan fingerprint density at radius 2 is 2.15 bits per heavy atom. The molecule has 1 atom stereocenters. The molecule has 1 rings (SSSR count).